The third-order valence-electron chi connectivity index (χ3n) is 2.49. The number of hydrogen-bond donors (Lipinski definition) is 2. The minimum atomic E-state index is -0.833. The fraction of sp³-hybridized carbons (Fsp3) is 0.667. The summed E-state index contributed by atoms with van der Waals surface area (Å²) in [7, 11) is 0. The second kappa shape index (κ2) is 31.7. The molecule has 0 fully saturated rings. The molecule has 0 aromatic heterocycles. The molecule has 2 N–H and O–H groups in total. The lowest BCUT2D eigenvalue weighted by Gasteiger charge is -2.00. The van der Waals surface area contributed by atoms with Crippen molar-refractivity contribution >= 4 is 11.9 Å². The average Bonchev–Trinajstić information content (AvgIpc) is 2.49. The summed E-state index contributed by atoms with van der Waals surface area (Å²) in [4.78, 5) is 19.2. The highest BCUT2D eigenvalue weighted by Crippen LogP contribution is 2.10. The van der Waals surface area contributed by atoms with Gasteiger partial charge in [0.2, 0.25) is 0 Å². The van der Waals surface area contributed by atoms with E-state index in [2.05, 4.69) is 33.2 Å². The van der Waals surface area contributed by atoms with Gasteiger partial charge in [-0.15, -0.1) is 26.3 Å². The third-order valence-corrected chi connectivity index (χ3v) is 2.49. The fourth-order valence-corrected chi connectivity index (χ4v) is 1.59. The molecule has 4 nitrogen and oxygen atoms in total. The molecule has 0 spiro atoms. The maximum absolute atomic E-state index is 10.2. The number of carboxylic acids is 2. The molecule has 0 radical (unpaired) electrons. The van der Waals surface area contributed by atoms with Gasteiger partial charge in [0.05, 0.1) is 0 Å². The molecule has 0 atom stereocenters. The second-order valence-electron chi connectivity index (χ2n) is 4.49. The molecule has 0 aliphatic carbocycles. The smallest absolute Gasteiger partial charge is 0.303 e. The van der Waals surface area contributed by atoms with E-state index < -0.39 is 11.9 Å². The summed E-state index contributed by atoms with van der Waals surface area (Å²) in [5.74, 6) is -1.49. The molecule has 132 valence electrons. The summed E-state index contributed by atoms with van der Waals surface area (Å²) in [5.41, 5.74) is 0. The molecule has 0 aliphatic heterocycles. The summed E-state index contributed by atoms with van der Waals surface area (Å²) in [6.45, 7) is 15.3. The quantitative estimate of drug-likeness (QED) is 0.401. The zero-order chi connectivity index (χ0) is 18.2. The van der Waals surface area contributed by atoms with Gasteiger partial charge in [-0.2, -0.15) is 0 Å². The molecular formula is C18H36O4. The zero-order valence-electron chi connectivity index (χ0n) is 14.6. The molecule has 4 heteroatoms. The maximum atomic E-state index is 10.2. The van der Waals surface area contributed by atoms with Crippen LogP contribution in [-0.4, -0.2) is 22.2 Å². The summed E-state index contributed by atoms with van der Waals surface area (Å²) in [5, 5.41) is 15.8. The van der Waals surface area contributed by atoms with Crippen LogP contribution in [0.25, 0.3) is 0 Å². The van der Waals surface area contributed by atoms with Crippen LogP contribution in [0.15, 0.2) is 26.3 Å². The number of carboxylic acid groups (broad SMARTS) is 2. The van der Waals surface area contributed by atoms with E-state index in [1.165, 1.54) is 44.9 Å². The Bertz CT molecular complexity index is 221. The second-order valence-corrected chi connectivity index (χ2v) is 4.49. The van der Waals surface area contributed by atoms with Crippen LogP contribution in [0.1, 0.15) is 78.1 Å². The van der Waals surface area contributed by atoms with Crippen LogP contribution in [0.3, 0.4) is 0 Å². The first-order chi connectivity index (χ1) is 10.5. The van der Waals surface area contributed by atoms with Gasteiger partial charge >= 0.3 is 5.97 Å². The zero-order valence-corrected chi connectivity index (χ0v) is 14.6. The Morgan fingerprint density at radius 2 is 1.00 bits per heavy atom. The van der Waals surface area contributed by atoms with Gasteiger partial charge in [0.15, 0.2) is 0 Å². The lowest BCUT2D eigenvalue weighted by Crippen LogP contribution is -1.93. The van der Waals surface area contributed by atoms with E-state index in [9.17, 15) is 4.79 Å². The predicted molar refractivity (Wildman–Crippen MR) is 95.3 cm³/mol. The van der Waals surface area contributed by atoms with Gasteiger partial charge in [-0.3, -0.25) is 9.59 Å². The molecule has 0 bridgehead atoms. The molecule has 0 aromatic carbocycles. The number of unbranched alkanes of at least 4 members (excludes halogenated alkanes) is 8. The normalized spacial score (nSPS) is 8.09. The molecular weight excluding hydrogens is 280 g/mol. The van der Waals surface area contributed by atoms with E-state index in [4.69, 9.17) is 15.0 Å². The number of hydrogen-bond acceptors (Lipinski definition) is 2. The molecule has 0 aliphatic rings. The Balaban J connectivity index is -0.000000170. The Labute approximate surface area is 136 Å². The van der Waals surface area contributed by atoms with Crippen molar-refractivity contribution in [2.45, 2.75) is 78.1 Å². The van der Waals surface area contributed by atoms with Crippen molar-refractivity contribution in [3.63, 3.8) is 0 Å². The van der Waals surface area contributed by atoms with Crippen molar-refractivity contribution < 1.29 is 19.8 Å². The number of rotatable bonds is 10. The number of carbonyl (C=O) groups is 2. The number of aliphatic carboxylic acids is 2. The lowest BCUT2D eigenvalue weighted by atomic mass is 10.1. The summed E-state index contributed by atoms with van der Waals surface area (Å²) < 4.78 is 0. The average molecular weight is 316 g/mol. The van der Waals surface area contributed by atoms with Crippen LogP contribution in [-0.2, 0) is 9.59 Å². The Kier molecular flexibility index (Phi) is 41.1. The van der Waals surface area contributed by atoms with E-state index in [0.717, 1.165) is 19.8 Å². The summed E-state index contributed by atoms with van der Waals surface area (Å²) in [6, 6.07) is 0. The first-order valence-corrected chi connectivity index (χ1v) is 7.92. The first kappa shape index (κ1) is 28.6. The monoisotopic (exact) mass is 316 g/mol. The molecule has 0 heterocycles. The first-order valence-electron chi connectivity index (χ1n) is 7.92. The molecule has 22 heavy (non-hydrogen) atoms. The van der Waals surface area contributed by atoms with E-state index >= 15 is 0 Å². The van der Waals surface area contributed by atoms with Gasteiger partial charge < -0.3 is 10.2 Å². The minimum Gasteiger partial charge on any atom is -0.481 e. The predicted octanol–water partition coefficient (Wildman–Crippen LogP) is 5.69. The van der Waals surface area contributed by atoms with E-state index in [1.807, 2.05) is 0 Å². The van der Waals surface area contributed by atoms with Gasteiger partial charge in [0.1, 0.15) is 0 Å². The Morgan fingerprint density at radius 3 is 1.27 bits per heavy atom. The van der Waals surface area contributed by atoms with Gasteiger partial charge in [-0.25, -0.2) is 0 Å². The minimum absolute atomic E-state index is 0.343. The largest absolute Gasteiger partial charge is 0.481 e. The molecule has 0 saturated heterocycles. The summed E-state index contributed by atoms with van der Waals surface area (Å²) >= 11 is 0. The molecule has 0 aromatic rings. The van der Waals surface area contributed by atoms with E-state index in [0.29, 0.717) is 6.42 Å². The molecule has 0 amide bonds. The highest BCUT2D eigenvalue weighted by atomic mass is 16.4. The molecule has 0 rings (SSSR count). The van der Waals surface area contributed by atoms with Crippen molar-refractivity contribution in [1.29, 1.82) is 0 Å². The van der Waals surface area contributed by atoms with Crippen LogP contribution in [0.5, 0.6) is 0 Å². The van der Waals surface area contributed by atoms with Crippen LogP contribution in [0.2, 0.25) is 0 Å². The van der Waals surface area contributed by atoms with E-state index in [1.54, 1.807) is 0 Å². The standard InChI is InChI=1S/C12H24O2.C2H4O2.2C2H4/c1-2-3-4-5-6-7-8-9-10-11-12(13)14;1-2(3)4;2*1-2/h2-11H2,1H3,(H,13,14);1H3,(H,3,4);2*1-2H2. The highest BCUT2D eigenvalue weighted by Gasteiger charge is 1.96. The third kappa shape index (κ3) is 63.0. The van der Waals surface area contributed by atoms with Crippen molar-refractivity contribution in [3.8, 4) is 0 Å². The Morgan fingerprint density at radius 1 is 0.727 bits per heavy atom. The van der Waals surface area contributed by atoms with Gasteiger partial charge in [-0.05, 0) is 6.42 Å². The van der Waals surface area contributed by atoms with Crippen molar-refractivity contribution in [2.75, 3.05) is 0 Å². The van der Waals surface area contributed by atoms with E-state index in [-0.39, 0.29) is 0 Å². The van der Waals surface area contributed by atoms with Crippen molar-refractivity contribution in [1.82, 2.24) is 0 Å². The molecule has 0 saturated carbocycles. The van der Waals surface area contributed by atoms with Crippen molar-refractivity contribution in [2.24, 2.45) is 0 Å². The van der Waals surface area contributed by atoms with Crippen LogP contribution < -0.4 is 0 Å². The summed E-state index contributed by atoms with van der Waals surface area (Å²) in [6.07, 6.45) is 11.5. The topological polar surface area (TPSA) is 74.6 Å². The molecule has 0 unspecified atom stereocenters. The van der Waals surface area contributed by atoms with Crippen LogP contribution in [0.4, 0.5) is 0 Å². The van der Waals surface area contributed by atoms with Crippen molar-refractivity contribution in [3.05, 3.63) is 26.3 Å². The SMILES string of the molecule is C=C.C=C.CC(=O)O.CCCCCCCCCCCC(=O)O. The van der Waals surface area contributed by atoms with Gasteiger partial charge in [-0.1, -0.05) is 58.3 Å². The highest BCUT2D eigenvalue weighted by molar-refractivity contribution is 5.66. The Hall–Kier alpha value is -1.58. The van der Waals surface area contributed by atoms with Crippen LogP contribution in [0, 0.1) is 0 Å². The van der Waals surface area contributed by atoms with Crippen LogP contribution >= 0.6 is 0 Å². The van der Waals surface area contributed by atoms with Gasteiger partial charge in [0, 0.05) is 13.3 Å². The fourth-order valence-electron chi connectivity index (χ4n) is 1.59. The maximum Gasteiger partial charge on any atom is 0.303 e. The lowest BCUT2D eigenvalue weighted by molar-refractivity contribution is -0.137. The van der Waals surface area contributed by atoms with Gasteiger partial charge in [0.25, 0.3) is 5.97 Å².